The molecule has 1 aliphatic rings. The number of hydrogen-bond donors (Lipinski definition) is 2. The third-order valence-electron chi connectivity index (χ3n) is 5.81. The molecule has 9 heteroatoms. The molecule has 0 amide bonds. The first-order chi connectivity index (χ1) is 15.8. The molecule has 2 aromatic heterocycles. The molecule has 0 radical (unpaired) electrons. The standard InChI is InChI=1S/C24H22N4O4S/c1-27-21(10-11-25-27)17-7-9-22(28-12-2-3-13-28)20(14-17)26-33(31,32)23-15-18(24(29)30)6-8-19(23)16-4-5-16/h2-3,6-16,26H,4-5H2,1H3,(H,29,30). The van der Waals surface area contributed by atoms with Crippen LogP contribution in [0.15, 0.2) is 78.1 Å². The Morgan fingerprint density at radius 1 is 1.09 bits per heavy atom. The number of sulfonamides is 1. The van der Waals surface area contributed by atoms with E-state index in [1.165, 1.54) is 12.1 Å². The van der Waals surface area contributed by atoms with Gasteiger partial charge in [0.25, 0.3) is 10.0 Å². The van der Waals surface area contributed by atoms with Crippen LogP contribution in [0.2, 0.25) is 0 Å². The molecule has 0 bridgehead atoms. The zero-order valence-corrected chi connectivity index (χ0v) is 18.7. The maximum absolute atomic E-state index is 13.6. The molecule has 8 nitrogen and oxygen atoms in total. The first kappa shape index (κ1) is 21.0. The maximum Gasteiger partial charge on any atom is 0.335 e. The summed E-state index contributed by atoms with van der Waals surface area (Å²) in [4.78, 5) is 11.5. The smallest absolute Gasteiger partial charge is 0.335 e. The highest BCUT2D eigenvalue weighted by molar-refractivity contribution is 7.92. The lowest BCUT2D eigenvalue weighted by molar-refractivity contribution is 0.0696. The fourth-order valence-electron chi connectivity index (χ4n) is 3.99. The van der Waals surface area contributed by atoms with Crippen LogP contribution in [0, 0.1) is 0 Å². The Balaban J connectivity index is 1.63. The van der Waals surface area contributed by atoms with Crippen molar-refractivity contribution in [3.8, 4) is 16.9 Å². The molecule has 1 saturated carbocycles. The Morgan fingerprint density at radius 2 is 1.85 bits per heavy atom. The Hall–Kier alpha value is -3.85. The van der Waals surface area contributed by atoms with Crippen LogP contribution in [0.4, 0.5) is 5.69 Å². The Morgan fingerprint density at radius 3 is 2.48 bits per heavy atom. The number of aromatic nitrogens is 3. The quantitative estimate of drug-likeness (QED) is 0.427. The van der Waals surface area contributed by atoms with Crippen molar-refractivity contribution in [3.05, 3.63) is 84.3 Å². The van der Waals surface area contributed by atoms with E-state index in [2.05, 4.69) is 9.82 Å². The van der Waals surface area contributed by atoms with Crippen molar-refractivity contribution >= 4 is 21.7 Å². The number of carboxylic acid groups (broad SMARTS) is 1. The molecule has 33 heavy (non-hydrogen) atoms. The van der Waals surface area contributed by atoms with Crippen LogP contribution in [0.3, 0.4) is 0 Å². The number of rotatable bonds is 7. The summed E-state index contributed by atoms with van der Waals surface area (Å²) in [5.74, 6) is -1.04. The van der Waals surface area contributed by atoms with Crippen LogP contribution in [-0.2, 0) is 17.1 Å². The number of carbonyl (C=O) groups is 1. The molecule has 0 atom stereocenters. The first-order valence-electron chi connectivity index (χ1n) is 10.5. The van der Waals surface area contributed by atoms with Gasteiger partial charge < -0.3 is 9.67 Å². The molecule has 4 aromatic rings. The van der Waals surface area contributed by atoms with Crippen molar-refractivity contribution in [1.29, 1.82) is 0 Å². The zero-order chi connectivity index (χ0) is 23.2. The van der Waals surface area contributed by atoms with E-state index in [4.69, 9.17) is 0 Å². The van der Waals surface area contributed by atoms with Crippen molar-refractivity contribution in [2.75, 3.05) is 4.72 Å². The van der Waals surface area contributed by atoms with Crippen LogP contribution in [0.25, 0.3) is 16.9 Å². The number of nitrogens with zero attached hydrogens (tertiary/aromatic N) is 3. The molecule has 2 aromatic carbocycles. The van der Waals surface area contributed by atoms with Gasteiger partial charge in [-0.05, 0) is 66.8 Å². The lowest BCUT2D eigenvalue weighted by Gasteiger charge is -2.17. The topological polar surface area (TPSA) is 106 Å². The van der Waals surface area contributed by atoms with Gasteiger partial charge in [0.15, 0.2) is 0 Å². The third-order valence-corrected chi connectivity index (χ3v) is 7.23. The van der Waals surface area contributed by atoms with Gasteiger partial charge in [0.1, 0.15) is 0 Å². The number of aromatic carboxylic acids is 1. The van der Waals surface area contributed by atoms with Gasteiger partial charge in [0.05, 0.1) is 27.5 Å². The minimum Gasteiger partial charge on any atom is -0.478 e. The van der Waals surface area contributed by atoms with Crippen LogP contribution in [-0.4, -0.2) is 33.8 Å². The molecular weight excluding hydrogens is 440 g/mol. The molecule has 0 aliphatic heterocycles. The molecule has 5 rings (SSSR count). The molecule has 168 valence electrons. The molecule has 0 unspecified atom stereocenters. The van der Waals surface area contributed by atoms with Crippen molar-refractivity contribution in [2.24, 2.45) is 7.05 Å². The van der Waals surface area contributed by atoms with Crippen LogP contribution < -0.4 is 4.72 Å². The van der Waals surface area contributed by atoms with Crippen molar-refractivity contribution in [1.82, 2.24) is 14.3 Å². The number of aryl methyl sites for hydroxylation is 1. The largest absolute Gasteiger partial charge is 0.478 e. The van der Waals surface area contributed by atoms with E-state index < -0.39 is 16.0 Å². The summed E-state index contributed by atoms with van der Waals surface area (Å²) in [6.07, 6.45) is 7.12. The highest BCUT2D eigenvalue weighted by Crippen LogP contribution is 2.43. The molecule has 0 saturated heterocycles. The second kappa shape index (κ2) is 7.93. The zero-order valence-electron chi connectivity index (χ0n) is 17.8. The van der Waals surface area contributed by atoms with Gasteiger partial charge in [-0.1, -0.05) is 12.1 Å². The predicted molar refractivity (Wildman–Crippen MR) is 124 cm³/mol. The number of hydrogen-bond acceptors (Lipinski definition) is 4. The predicted octanol–water partition coefficient (Wildman–Crippen LogP) is 4.25. The fourth-order valence-corrected chi connectivity index (χ4v) is 5.38. The number of nitrogens with one attached hydrogen (secondary N) is 1. The highest BCUT2D eigenvalue weighted by Gasteiger charge is 2.31. The minimum atomic E-state index is -4.06. The number of carboxylic acids is 1. The van der Waals surface area contributed by atoms with Gasteiger partial charge in [-0.3, -0.25) is 9.40 Å². The lowest BCUT2D eigenvalue weighted by Crippen LogP contribution is -2.17. The van der Waals surface area contributed by atoms with Gasteiger partial charge >= 0.3 is 5.97 Å². The molecule has 0 spiro atoms. The lowest BCUT2D eigenvalue weighted by atomic mass is 10.1. The maximum atomic E-state index is 13.6. The minimum absolute atomic E-state index is 0.00860. The molecule has 2 heterocycles. The van der Waals surface area contributed by atoms with Gasteiger partial charge in [-0.25, -0.2) is 13.2 Å². The highest BCUT2D eigenvalue weighted by atomic mass is 32.2. The molecule has 2 N–H and O–H groups in total. The van der Waals surface area contributed by atoms with Gasteiger partial charge in [-0.15, -0.1) is 0 Å². The molecule has 1 fully saturated rings. The summed E-state index contributed by atoms with van der Waals surface area (Å²) in [6, 6.07) is 15.4. The number of anilines is 1. The van der Waals surface area contributed by atoms with Crippen LogP contribution >= 0.6 is 0 Å². The second-order valence-electron chi connectivity index (χ2n) is 8.10. The summed E-state index contributed by atoms with van der Waals surface area (Å²) in [5.41, 5.74) is 3.25. The molecular formula is C24H22N4O4S. The summed E-state index contributed by atoms with van der Waals surface area (Å²) in [5, 5.41) is 13.6. The summed E-state index contributed by atoms with van der Waals surface area (Å²) in [6.45, 7) is 0. The average molecular weight is 463 g/mol. The summed E-state index contributed by atoms with van der Waals surface area (Å²) < 4.78 is 33.4. The monoisotopic (exact) mass is 462 g/mol. The average Bonchev–Trinajstić information content (AvgIpc) is 3.31. The van der Waals surface area contributed by atoms with Crippen molar-refractivity contribution in [3.63, 3.8) is 0 Å². The van der Waals surface area contributed by atoms with Gasteiger partial charge in [0, 0.05) is 31.2 Å². The van der Waals surface area contributed by atoms with E-state index in [0.29, 0.717) is 16.9 Å². The van der Waals surface area contributed by atoms with E-state index in [1.54, 1.807) is 23.0 Å². The van der Waals surface area contributed by atoms with Crippen molar-refractivity contribution in [2.45, 2.75) is 23.7 Å². The fraction of sp³-hybridized carbons (Fsp3) is 0.167. The van der Waals surface area contributed by atoms with Gasteiger partial charge in [0.2, 0.25) is 0 Å². The normalized spacial score (nSPS) is 13.7. The first-order valence-corrected chi connectivity index (χ1v) is 12.0. The summed E-state index contributed by atoms with van der Waals surface area (Å²) >= 11 is 0. The Bertz CT molecular complexity index is 1450. The third kappa shape index (κ3) is 4.03. The van der Waals surface area contributed by atoms with E-state index in [1.807, 2.05) is 54.3 Å². The van der Waals surface area contributed by atoms with Crippen LogP contribution in [0.5, 0.6) is 0 Å². The van der Waals surface area contributed by atoms with Crippen molar-refractivity contribution < 1.29 is 18.3 Å². The van der Waals surface area contributed by atoms with E-state index >= 15 is 0 Å². The van der Waals surface area contributed by atoms with E-state index in [-0.39, 0.29) is 16.4 Å². The second-order valence-corrected chi connectivity index (χ2v) is 9.75. The van der Waals surface area contributed by atoms with Gasteiger partial charge in [-0.2, -0.15) is 5.10 Å². The van der Waals surface area contributed by atoms with Crippen LogP contribution in [0.1, 0.15) is 34.7 Å². The van der Waals surface area contributed by atoms with E-state index in [9.17, 15) is 18.3 Å². The van der Waals surface area contributed by atoms with E-state index in [0.717, 1.165) is 24.1 Å². The summed E-state index contributed by atoms with van der Waals surface area (Å²) in [7, 11) is -2.25. The number of benzene rings is 2. The molecule has 1 aliphatic carbocycles. The SMILES string of the molecule is Cn1nccc1-c1ccc(-n2cccc2)c(NS(=O)(=O)c2cc(C(=O)O)ccc2C2CC2)c1. The Labute approximate surface area is 191 Å². The Kier molecular flexibility index (Phi) is 5.05.